The molecule has 13 heavy (non-hydrogen) atoms. The van der Waals surface area contributed by atoms with Gasteiger partial charge in [-0.3, -0.25) is 4.90 Å². The van der Waals surface area contributed by atoms with Crippen molar-refractivity contribution in [2.24, 2.45) is 0 Å². The van der Waals surface area contributed by atoms with E-state index in [9.17, 15) is 4.79 Å². The lowest BCUT2D eigenvalue weighted by Crippen LogP contribution is -2.17. The van der Waals surface area contributed by atoms with Gasteiger partial charge in [0.2, 0.25) is 0 Å². The number of hydrogen-bond donors (Lipinski definition) is 0. The Hall–Kier alpha value is -0.830. The van der Waals surface area contributed by atoms with Gasteiger partial charge in [0.25, 0.3) is 0 Å². The van der Waals surface area contributed by atoms with E-state index in [1.165, 1.54) is 0 Å². The number of rotatable bonds is 4. The summed E-state index contributed by atoms with van der Waals surface area (Å²) in [6, 6.07) is 0. The van der Waals surface area contributed by atoms with E-state index in [4.69, 9.17) is 4.74 Å². The first-order valence-corrected chi connectivity index (χ1v) is 4.51. The third-order valence-corrected chi connectivity index (χ3v) is 2.27. The summed E-state index contributed by atoms with van der Waals surface area (Å²) >= 11 is 0. The molecule has 1 aliphatic heterocycles. The minimum atomic E-state index is -0.292. The molecule has 1 saturated heterocycles. The maximum absolute atomic E-state index is 11.0. The minimum absolute atomic E-state index is 0.292. The number of carbonyl (C=O) groups excluding carboxylic acids is 1. The van der Waals surface area contributed by atoms with Crippen molar-refractivity contribution in [3.8, 4) is 0 Å². The summed E-state index contributed by atoms with van der Waals surface area (Å²) in [5, 5.41) is 0. The molecule has 0 aromatic heterocycles. The fraction of sp³-hybridized carbons (Fsp3) is 0.700. The highest BCUT2D eigenvalue weighted by molar-refractivity contribution is 5.86. The summed E-state index contributed by atoms with van der Waals surface area (Å²) in [5.41, 5.74) is 0.778. The van der Waals surface area contributed by atoms with Crippen molar-refractivity contribution >= 4 is 5.97 Å². The Bertz CT molecular complexity index is 233. The van der Waals surface area contributed by atoms with Crippen LogP contribution in [0, 0.1) is 0 Å². The van der Waals surface area contributed by atoms with Crippen LogP contribution in [0.3, 0.4) is 0 Å². The number of hydrogen-bond acceptors (Lipinski definition) is 3. The standard InChI is InChI=1S/C10H17NO2/c1-8(2)9(12)13-6-5-11-7-10(11,3)4/h1,5-7H2,2-4H3. The number of esters is 1. The maximum Gasteiger partial charge on any atom is 0.333 e. The first kappa shape index (κ1) is 10.3. The van der Waals surface area contributed by atoms with Crippen LogP contribution in [0.1, 0.15) is 20.8 Å². The fourth-order valence-corrected chi connectivity index (χ4v) is 1.19. The molecule has 1 rings (SSSR count). The largest absolute Gasteiger partial charge is 0.461 e. The van der Waals surface area contributed by atoms with Crippen LogP contribution in [0.5, 0.6) is 0 Å². The molecule has 0 spiro atoms. The third kappa shape index (κ3) is 2.84. The highest BCUT2D eigenvalue weighted by Gasteiger charge is 2.42. The Labute approximate surface area is 79.4 Å². The second-order valence-electron chi connectivity index (χ2n) is 4.15. The van der Waals surface area contributed by atoms with Gasteiger partial charge < -0.3 is 4.74 Å². The quantitative estimate of drug-likeness (QED) is 0.372. The van der Waals surface area contributed by atoms with Crippen molar-refractivity contribution in [3.05, 3.63) is 12.2 Å². The van der Waals surface area contributed by atoms with Crippen molar-refractivity contribution in [1.29, 1.82) is 0 Å². The van der Waals surface area contributed by atoms with Gasteiger partial charge in [-0.15, -0.1) is 0 Å². The van der Waals surface area contributed by atoms with Gasteiger partial charge >= 0.3 is 5.97 Å². The SMILES string of the molecule is C=C(C)C(=O)OCCN1CC1(C)C. The molecular weight excluding hydrogens is 166 g/mol. The van der Waals surface area contributed by atoms with Crippen LogP contribution in [-0.4, -0.2) is 36.1 Å². The molecule has 3 heteroatoms. The Morgan fingerprint density at radius 1 is 1.62 bits per heavy atom. The molecule has 0 aromatic rings. The predicted octanol–water partition coefficient (Wildman–Crippen LogP) is 1.20. The molecule has 1 atom stereocenters. The van der Waals surface area contributed by atoms with Gasteiger partial charge in [-0.1, -0.05) is 6.58 Å². The van der Waals surface area contributed by atoms with Crippen molar-refractivity contribution in [2.75, 3.05) is 19.7 Å². The van der Waals surface area contributed by atoms with E-state index < -0.39 is 0 Å². The summed E-state index contributed by atoms with van der Waals surface area (Å²) in [6.45, 7) is 11.9. The summed E-state index contributed by atoms with van der Waals surface area (Å²) in [5.74, 6) is -0.292. The van der Waals surface area contributed by atoms with Crippen LogP contribution >= 0.6 is 0 Å². The Morgan fingerprint density at radius 2 is 2.15 bits per heavy atom. The molecule has 1 fully saturated rings. The lowest BCUT2D eigenvalue weighted by atomic mass is 10.2. The maximum atomic E-state index is 11.0. The van der Waals surface area contributed by atoms with Gasteiger partial charge in [-0.2, -0.15) is 0 Å². The molecule has 0 saturated carbocycles. The molecular formula is C10H17NO2. The van der Waals surface area contributed by atoms with Crippen LogP contribution in [0.25, 0.3) is 0 Å². The smallest absolute Gasteiger partial charge is 0.333 e. The summed E-state index contributed by atoms with van der Waals surface area (Å²) < 4.78 is 4.97. The van der Waals surface area contributed by atoms with E-state index in [2.05, 4.69) is 25.3 Å². The molecule has 1 heterocycles. The number of ether oxygens (including phenoxy) is 1. The van der Waals surface area contributed by atoms with E-state index in [1.54, 1.807) is 6.92 Å². The van der Waals surface area contributed by atoms with E-state index in [-0.39, 0.29) is 5.97 Å². The van der Waals surface area contributed by atoms with E-state index in [0.29, 0.717) is 17.7 Å². The lowest BCUT2D eigenvalue weighted by molar-refractivity contribution is -0.139. The van der Waals surface area contributed by atoms with Crippen LogP contribution in [0.4, 0.5) is 0 Å². The zero-order chi connectivity index (χ0) is 10.1. The van der Waals surface area contributed by atoms with Gasteiger partial charge in [0, 0.05) is 24.2 Å². The molecule has 0 amide bonds. The van der Waals surface area contributed by atoms with Gasteiger partial charge in [-0.25, -0.2) is 4.79 Å². The topological polar surface area (TPSA) is 29.3 Å². The second-order valence-corrected chi connectivity index (χ2v) is 4.15. The number of carbonyl (C=O) groups is 1. The number of nitrogens with zero attached hydrogens (tertiary/aromatic N) is 1. The molecule has 1 aliphatic rings. The van der Waals surface area contributed by atoms with Crippen molar-refractivity contribution < 1.29 is 9.53 Å². The Morgan fingerprint density at radius 3 is 2.54 bits per heavy atom. The molecule has 3 nitrogen and oxygen atoms in total. The third-order valence-electron chi connectivity index (χ3n) is 2.27. The molecule has 74 valence electrons. The highest BCUT2D eigenvalue weighted by Crippen LogP contribution is 2.29. The van der Waals surface area contributed by atoms with E-state index in [1.807, 2.05) is 0 Å². The fourth-order valence-electron chi connectivity index (χ4n) is 1.19. The zero-order valence-corrected chi connectivity index (χ0v) is 8.59. The molecule has 0 bridgehead atoms. The second kappa shape index (κ2) is 3.50. The monoisotopic (exact) mass is 183 g/mol. The minimum Gasteiger partial charge on any atom is -0.461 e. The van der Waals surface area contributed by atoms with Crippen molar-refractivity contribution in [2.45, 2.75) is 26.3 Å². The van der Waals surface area contributed by atoms with Gasteiger partial charge in [-0.05, 0) is 20.8 Å². The lowest BCUT2D eigenvalue weighted by Gasteiger charge is -2.07. The van der Waals surface area contributed by atoms with Crippen LogP contribution in [0.15, 0.2) is 12.2 Å². The van der Waals surface area contributed by atoms with Crippen LogP contribution in [0.2, 0.25) is 0 Å². The van der Waals surface area contributed by atoms with E-state index in [0.717, 1.165) is 13.1 Å². The van der Waals surface area contributed by atoms with Gasteiger partial charge in [0.15, 0.2) is 0 Å². The zero-order valence-electron chi connectivity index (χ0n) is 8.59. The first-order chi connectivity index (χ1) is 5.93. The Balaban J connectivity index is 2.09. The summed E-state index contributed by atoms with van der Waals surface area (Å²) in [7, 11) is 0. The first-order valence-electron chi connectivity index (χ1n) is 4.51. The van der Waals surface area contributed by atoms with Crippen LogP contribution < -0.4 is 0 Å². The van der Waals surface area contributed by atoms with Gasteiger partial charge in [0.05, 0.1) is 0 Å². The predicted molar refractivity (Wildman–Crippen MR) is 51.4 cm³/mol. The average Bonchev–Trinajstić information content (AvgIpc) is 2.58. The average molecular weight is 183 g/mol. The highest BCUT2D eigenvalue weighted by atomic mass is 16.5. The Kier molecular flexibility index (Phi) is 2.76. The van der Waals surface area contributed by atoms with E-state index >= 15 is 0 Å². The normalized spacial score (nSPS) is 23.8. The summed E-state index contributed by atoms with van der Waals surface area (Å²) in [4.78, 5) is 13.2. The molecule has 0 aliphatic carbocycles. The molecule has 1 unspecified atom stereocenters. The summed E-state index contributed by atoms with van der Waals surface area (Å²) in [6.07, 6.45) is 0. The van der Waals surface area contributed by atoms with Crippen molar-refractivity contribution in [1.82, 2.24) is 4.90 Å². The van der Waals surface area contributed by atoms with Crippen molar-refractivity contribution in [3.63, 3.8) is 0 Å². The molecule has 0 aromatic carbocycles. The molecule has 0 radical (unpaired) electrons. The molecule has 0 N–H and O–H groups in total. The van der Waals surface area contributed by atoms with Crippen LogP contribution in [-0.2, 0) is 9.53 Å². The van der Waals surface area contributed by atoms with Gasteiger partial charge in [0.1, 0.15) is 6.61 Å².